The molecule has 0 amide bonds. The quantitative estimate of drug-likeness (QED) is 0.645. The monoisotopic (exact) mass is 380 g/mol. The molecular formula is C23H25FN2O2. The zero-order chi connectivity index (χ0) is 19.5. The Morgan fingerprint density at radius 1 is 0.964 bits per heavy atom. The molecule has 2 heterocycles. The summed E-state index contributed by atoms with van der Waals surface area (Å²) >= 11 is 0. The van der Waals surface area contributed by atoms with Crippen molar-refractivity contribution in [2.45, 2.75) is 25.6 Å². The Bertz CT molecular complexity index is 936. The van der Waals surface area contributed by atoms with Gasteiger partial charge >= 0.3 is 0 Å². The molecule has 5 heteroatoms. The number of rotatable bonds is 5. The van der Waals surface area contributed by atoms with E-state index in [1.54, 1.807) is 14.2 Å². The summed E-state index contributed by atoms with van der Waals surface area (Å²) in [5.74, 6) is 1.28. The van der Waals surface area contributed by atoms with Crippen LogP contribution in [0.3, 0.4) is 0 Å². The van der Waals surface area contributed by atoms with Crippen LogP contribution in [0.1, 0.15) is 29.3 Å². The molecule has 146 valence electrons. The van der Waals surface area contributed by atoms with E-state index in [4.69, 9.17) is 9.47 Å². The van der Waals surface area contributed by atoms with Gasteiger partial charge in [0, 0.05) is 37.1 Å². The highest BCUT2D eigenvalue weighted by Gasteiger charge is 2.28. The third-order valence-corrected chi connectivity index (χ3v) is 5.40. The molecule has 0 saturated heterocycles. The number of aryl methyl sites for hydroxylation is 1. The lowest BCUT2D eigenvalue weighted by atomic mass is 10.0. The molecule has 0 radical (unpaired) electrons. The van der Waals surface area contributed by atoms with Crippen LogP contribution in [0.4, 0.5) is 4.39 Å². The lowest BCUT2D eigenvalue weighted by molar-refractivity contribution is 0.216. The second kappa shape index (κ2) is 8.07. The van der Waals surface area contributed by atoms with Gasteiger partial charge in [0.15, 0.2) is 11.5 Å². The predicted octanol–water partition coefficient (Wildman–Crippen LogP) is 4.64. The number of aromatic nitrogens is 1. The lowest BCUT2D eigenvalue weighted by Gasteiger charge is -2.31. The molecule has 1 aliphatic heterocycles. The number of ether oxygens (including phenoxy) is 2. The van der Waals surface area contributed by atoms with E-state index in [1.807, 2.05) is 24.3 Å². The third-order valence-electron chi connectivity index (χ3n) is 5.40. The van der Waals surface area contributed by atoms with Gasteiger partial charge in [-0.1, -0.05) is 24.3 Å². The molecule has 0 N–H and O–H groups in total. The summed E-state index contributed by atoms with van der Waals surface area (Å²) in [6, 6.07) is 17.1. The molecule has 1 aromatic heterocycles. The maximum Gasteiger partial charge on any atom is 0.165 e. The molecule has 4 rings (SSSR count). The first-order valence-electron chi connectivity index (χ1n) is 9.55. The Hall–Kier alpha value is -2.79. The minimum atomic E-state index is -0.214. The van der Waals surface area contributed by atoms with Crippen molar-refractivity contribution in [3.8, 4) is 11.5 Å². The smallest absolute Gasteiger partial charge is 0.165 e. The van der Waals surface area contributed by atoms with Crippen LogP contribution in [0.5, 0.6) is 11.5 Å². The van der Waals surface area contributed by atoms with Gasteiger partial charge in [-0.3, -0.25) is 4.90 Å². The summed E-state index contributed by atoms with van der Waals surface area (Å²) in [5, 5.41) is 0. The zero-order valence-corrected chi connectivity index (χ0v) is 16.3. The standard InChI is InChI=1S/C23H25FN2O2/c1-27-21-8-3-6-18(23(21)28-2)16-26-15-5-14-25-13-4-7-20(25)22(26)17-9-11-19(24)12-10-17/h3-4,6-13,22H,5,14-16H2,1-2H3/t22-/m0/s1. The molecule has 28 heavy (non-hydrogen) atoms. The highest BCUT2D eigenvalue weighted by Crippen LogP contribution is 2.37. The van der Waals surface area contributed by atoms with Gasteiger partial charge in [-0.05, 0) is 42.3 Å². The van der Waals surface area contributed by atoms with Crippen LogP contribution in [-0.4, -0.2) is 30.2 Å². The third kappa shape index (κ3) is 3.50. The van der Waals surface area contributed by atoms with Crippen LogP contribution >= 0.6 is 0 Å². The highest BCUT2D eigenvalue weighted by molar-refractivity contribution is 5.46. The van der Waals surface area contributed by atoms with E-state index in [0.29, 0.717) is 6.54 Å². The Balaban J connectivity index is 1.75. The number of hydrogen-bond donors (Lipinski definition) is 0. The van der Waals surface area contributed by atoms with E-state index in [2.05, 4.69) is 33.9 Å². The number of hydrogen-bond acceptors (Lipinski definition) is 3. The van der Waals surface area contributed by atoms with Gasteiger partial charge < -0.3 is 14.0 Å². The summed E-state index contributed by atoms with van der Waals surface area (Å²) in [4.78, 5) is 2.43. The largest absolute Gasteiger partial charge is 0.493 e. The molecule has 1 aliphatic rings. The van der Waals surface area contributed by atoms with Crippen molar-refractivity contribution in [3.05, 3.63) is 83.4 Å². The van der Waals surface area contributed by atoms with Crippen LogP contribution < -0.4 is 9.47 Å². The Labute approximate surface area is 165 Å². The van der Waals surface area contributed by atoms with Gasteiger partial charge in [-0.2, -0.15) is 0 Å². The van der Waals surface area contributed by atoms with Crippen molar-refractivity contribution in [2.24, 2.45) is 0 Å². The van der Waals surface area contributed by atoms with Crippen molar-refractivity contribution < 1.29 is 13.9 Å². The summed E-state index contributed by atoms with van der Waals surface area (Å²) in [5.41, 5.74) is 3.39. The predicted molar refractivity (Wildman–Crippen MR) is 107 cm³/mol. The van der Waals surface area contributed by atoms with Gasteiger partial charge in [0.05, 0.1) is 20.3 Å². The molecule has 2 aromatic carbocycles. The number of para-hydroxylation sites is 1. The van der Waals surface area contributed by atoms with E-state index in [9.17, 15) is 4.39 Å². The van der Waals surface area contributed by atoms with Crippen molar-refractivity contribution >= 4 is 0 Å². The van der Waals surface area contributed by atoms with Crippen molar-refractivity contribution in [2.75, 3.05) is 20.8 Å². The molecule has 1 atom stereocenters. The molecule has 0 aliphatic carbocycles. The molecule has 0 saturated carbocycles. The summed E-state index contributed by atoms with van der Waals surface area (Å²) in [6.45, 7) is 2.63. The number of halogens is 1. The summed E-state index contributed by atoms with van der Waals surface area (Å²) < 4.78 is 27.0. The number of benzene rings is 2. The topological polar surface area (TPSA) is 26.6 Å². The Morgan fingerprint density at radius 3 is 2.54 bits per heavy atom. The Morgan fingerprint density at radius 2 is 1.79 bits per heavy atom. The first kappa shape index (κ1) is 18.6. The second-order valence-electron chi connectivity index (χ2n) is 7.06. The van der Waals surface area contributed by atoms with Crippen LogP contribution in [0.15, 0.2) is 60.8 Å². The van der Waals surface area contributed by atoms with Gasteiger partial charge in [-0.15, -0.1) is 0 Å². The van der Waals surface area contributed by atoms with Gasteiger partial charge in [0.1, 0.15) is 5.82 Å². The van der Waals surface area contributed by atoms with Crippen LogP contribution in [0.2, 0.25) is 0 Å². The molecule has 0 unspecified atom stereocenters. The molecule has 0 spiro atoms. The maximum absolute atomic E-state index is 13.5. The zero-order valence-electron chi connectivity index (χ0n) is 16.3. The SMILES string of the molecule is COc1cccc(CN2CCCn3cccc3[C@@H]2c2ccc(F)cc2)c1OC. The molecule has 0 fully saturated rings. The van der Waals surface area contributed by atoms with E-state index < -0.39 is 0 Å². The van der Waals surface area contributed by atoms with Gasteiger partial charge in [0.25, 0.3) is 0 Å². The number of methoxy groups -OCH3 is 2. The molecule has 0 bridgehead atoms. The van der Waals surface area contributed by atoms with Crippen LogP contribution in [-0.2, 0) is 13.1 Å². The van der Waals surface area contributed by atoms with Crippen molar-refractivity contribution in [1.29, 1.82) is 0 Å². The van der Waals surface area contributed by atoms with E-state index in [-0.39, 0.29) is 11.9 Å². The summed E-state index contributed by atoms with van der Waals surface area (Å²) in [7, 11) is 3.33. The van der Waals surface area contributed by atoms with E-state index in [0.717, 1.165) is 42.1 Å². The fourth-order valence-corrected chi connectivity index (χ4v) is 4.13. The Kier molecular flexibility index (Phi) is 5.35. The first-order chi connectivity index (χ1) is 13.7. The second-order valence-corrected chi connectivity index (χ2v) is 7.06. The molecule has 4 nitrogen and oxygen atoms in total. The van der Waals surface area contributed by atoms with E-state index >= 15 is 0 Å². The normalized spacial score (nSPS) is 17.0. The number of nitrogens with zero attached hydrogens (tertiary/aromatic N) is 2. The molecular weight excluding hydrogens is 355 g/mol. The van der Waals surface area contributed by atoms with Crippen molar-refractivity contribution in [1.82, 2.24) is 9.47 Å². The minimum Gasteiger partial charge on any atom is -0.493 e. The van der Waals surface area contributed by atoms with Crippen molar-refractivity contribution in [3.63, 3.8) is 0 Å². The fraction of sp³-hybridized carbons (Fsp3) is 0.304. The summed E-state index contributed by atoms with van der Waals surface area (Å²) in [6.07, 6.45) is 3.17. The molecule has 3 aromatic rings. The van der Waals surface area contributed by atoms with Crippen LogP contribution in [0.25, 0.3) is 0 Å². The highest BCUT2D eigenvalue weighted by atomic mass is 19.1. The first-order valence-corrected chi connectivity index (χ1v) is 9.55. The average molecular weight is 380 g/mol. The number of fused-ring (bicyclic) bond motifs is 1. The average Bonchev–Trinajstić information content (AvgIpc) is 3.10. The van der Waals surface area contributed by atoms with E-state index in [1.165, 1.54) is 17.8 Å². The fourth-order valence-electron chi connectivity index (χ4n) is 4.13. The van der Waals surface area contributed by atoms with Crippen LogP contribution in [0, 0.1) is 5.82 Å². The maximum atomic E-state index is 13.5. The van der Waals surface area contributed by atoms with Gasteiger partial charge in [0.2, 0.25) is 0 Å². The minimum absolute atomic E-state index is 0.0500. The lowest BCUT2D eigenvalue weighted by Crippen LogP contribution is -2.29. The van der Waals surface area contributed by atoms with Gasteiger partial charge in [-0.25, -0.2) is 4.39 Å².